The van der Waals surface area contributed by atoms with Gasteiger partial charge in [-0.05, 0) is 48.1 Å². The zero-order chi connectivity index (χ0) is 26.9. The smallest absolute Gasteiger partial charge is 0.261 e. The van der Waals surface area contributed by atoms with E-state index in [1.54, 1.807) is 4.90 Å². The highest BCUT2D eigenvalue weighted by atomic mass is 79.9. The maximum absolute atomic E-state index is 13.8. The minimum atomic E-state index is -0.700. The number of carbonyl (C=O) groups is 2. The van der Waals surface area contributed by atoms with Crippen molar-refractivity contribution in [3.63, 3.8) is 0 Å². The number of hydrogen-bond acceptors (Lipinski definition) is 3. The van der Waals surface area contributed by atoms with Crippen LogP contribution in [0.5, 0.6) is 5.75 Å². The van der Waals surface area contributed by atoms with Crippen LogP contribution in [0.2, 0.25) is 0 Å². The van der Waals surface area contributed by atoms with Crippen LogP contribution in [0, 0.1) is 0 Å². The Bertz CT molecular complexity index is 1370. The van der Waals surface area contributed by atoms with Crippen LogP contribution in [0.3, 0.4) is 0 Å². The monoisotopic (exact) mass is 572 g/mol. The molecule has 2 atom stereocenters. The van der Waals surface area contributed by atoms with Gasteiger partial charge in [0.1, 0.15) is 11.8 Å². The summed E-state index contributed by atoms with van der Waals surface area (Å²) in [6, 6.07) is 30.6. The largest absolute Gasteiger partial charge is 0.483 e. The zero-order valence-electron chi connectivity index (χ0n) is 21.8. The van der Waals surface area contributed by atoms with Crippen molar-refractivity contribution in [3.05, 3.63) is 113 Å². The molecule has 0 unspecified atom stereocenters. The number of nitrogens with zero attached hydrogens (tertiary/aromatic N) is 1. The summed E-state index contributed by atoms with van der Waals surface area (Å²) in [4.78, 5) is 29.1. The van der Waals surface area contributed by atoms with Gasteiger partial charge in [0, 0.05) is 28.9 Å². The summed E-state index contributed by atoms with van der Waals surface area (Å²) in [5, 5.41) is 5.08. The quantitative estimate of drug-likeness (QED) is 0.222. The molecule has 4 aromatic carbocycles. The van der Waals surface area contributed by atoms with Crippen molar-refractivity contribution in [1.82, 2.24) is 10.2 Å². The Hall–Kier alpha value is -3.64. The number of carbonyl (C=O) groups excluding carboxylic acids is 2. The Morgan fingerprint density at radius 2 is 1.58 bits per heavy atom. The highest BCUT2D eigenvalue weighted by Gasteiger charge is 2.31. The fraction of sp³-hybridized carbons (Fsp3) is 0.250. The number of rotatable bonds is 11. The Morgan fingerprint density at radius 3 is 2.34 bits per heavy atom. The van der Waals surface area contributed by atoms with E-state index in [1.807, 2.05) is 111 Å². The third kappa shape index (κ3) is 7.23. The van der Waals surface area contributed by atoms with E-state index in [-0.39, 0.29) is 31.0 Å². The molecule has 0 aliphatic carbocycles. The average Bonchev–Trinajstić information content (AvgIpc) is 2.94. The normalized spacial score (nSPS) is 12.5. The summed E-state index contributed by atoms with van der Waals surface area (Å²) in [5.74, 6) is 0.220. The first kappa shape index (κ1) is 27.4. The Morgan fingerprint density at radius 1 is 0.895 bits per heavy atom. The van der Waals surface area contributed by atoms with Crippen LogP contribution in [0.15, 0.2) is 102 Å². The molecule has 0 fully saturated rings. The molecule has 0 aromatic heterocycles. The third-order valence-electron chi connectivity index (χ3n) is 6.61. The van der Waals surface area contributed by atoms with Crippen molar-refractivity contribution in [1.29, 1.82) is 0 Å². The molecule has 4 rings (SSSR count). The molecule has 2 amide bonds. The summed E-state index contributed by atoms with van der Waals surface area (Å²) in [6.07, 6.45) is 1.20. The summed E-state index contributed by atoms with van der Waals surface area (Å²) in [6.45, 7) is 4.10. The van der Waals surface area contributed by atoms with Crippen LogP contribution >= 0.6 is 15.9 Å². The van der Waals surface area contributed by atoms with Crippen LogP contribution in [-0.4, -0.2) is 35.4 Å². The van der Waals surface area contributed by atoms with E-state index in [0.29, 0.717) is 12.2 Å². The lowest BCUT2D eigenvalue weighted by atomic mass is 10.0. The SMILES string of the molecule is CC[C@@H](C)NC(=O)[C@@H](Cc1ccccc1)N(Cc1cccc(Br)c1)C(=O)COc1cccc2ccccc12. The van der Waals surface area contributed by atoms with Crippen LogP contribution in [0.25, 0.3) is 10.8 Å². The molecule has 5 nitrogen and oxygen atoms in total. The zero-order valence-corrected chi connectivity index (χ0v) is 23.4. The van der Waals surface area contributed by atoms with E-state index in [4.69, 9.17) is 4.74 Å². The molecule has 4 aromatic rings. The number of hydrogen-bond donors (Lipinski definition) is 1. The van der Waals surface area contributed by atoms with E-state index >= 15 is 0 Å². The average molecular weight is 574 g/mol. The minimum absolute atomic E-state index is 0.00414. The minimum Gasteiger partial charge on any atom is -0.483 e. The van der Waals surface area contributed by atoms with Crippen molar-refractivity contribution >= 4 is 38.5 Å². The third-order valence-corrected chi connectivity index (χ3v) is 7.11. The molecule has 1 N–H and O–H groups in total. The molecule has 0 heterocycles. The Balaban J connectivity index is 1.65. The second-order valence-electron chi connectivity index (χ2n) is 9.44. The molecule has 0 bridgehead atoms. The van der Waals surface area contributed by atoms with Gasteiger partial charge in [-0.25, -0.2) is 0 Å². The molecule has 0 saturated heterocycles. The van der Waals surface area contributed by atoms with Gasteiger partial charge in [0.25, 0.3) is 5.91 Å². The lowest BCUT2D eigenvalue weighted by Crippen LogP contribution is -2.53. The highest BCUT2D eigenvalue weighted by Crippen LogP contribution is 2.25. The predicted octanol–water partition coefficient (Wildman–Crippen LogP) is 6.54. The second-order valence-corrected chi connectivity index (χ2v) is 10.4. The van der Waals surface area contributed by atoms with Crippen LogP contribution in [-0.2, 0) is 22.6 Å². The lowest BCUT2D eigenvalue weighted by Gasteiger charge is -2.32. The molecule has 0 saturated carbocycles. The molecule has 0 aliphatic rings. The van der Waals surface area contributed by atoms with Crippen LogP contribution in [0.4, 0.5) is 0 Å². The molecular weight excluding hydrogens is 540 g/mol. The van der Waals surface area contributed by atoms with Gasteiger partial charge in [0.2, 0.25) is 5.91 Å². The summed E-state index contributed by atoms with van der Waals surface area (Å²) in [7, 11) is 0. The molecular formula is C32H33BrN2O3. The van der Waals surface area contributed by atoms with Gasteiger partial charge in [0.15, 0.2) is 6.61 Å². The van der Waals surface area contributed by atoms with Gasteiger partial charge in [-0.3, -0.25) is 9.59 Å². The van der Waals surface area contributed by atoms with Gasteiger partial charge < -0.3 is 15.0 Å². The number of nitrogens with one attached hydrogen (secondary N) is 1. The van der Waals surface area contributed by atoms with Gasteiger partial charge in [-0.2, -0.15) is 0 Å². The molecule has 0 aliphatic heterocycles. The van der Waals surface area contributed by atoms with Gasteiger partial charge in [-0.15, -0.1) is 0 Å². The fourth-order valence-electron chi connectivity index (χ4n) is 4.37. The lowest BCUT2D eigenvalue weighted by molar-refractivity contribution is -0.143. The van der Waals surface area contributed by atoms with Crippen molar-refractivity contribution in [3.8, 4) is 5.75 Å². The van der Waals surface area contributed by atoms with E-state index in [0.717, 1.165) is 32.8 Å². The van der Waals surface area contributed by atoms with Crippen molar-refractivity contribution < 1.29 is 14.3 Å². The number of fused-ring (bicyclic) bond motifs is 1. The van der Waals surface area contributed by atoms with Crippen LogP contribution in [0.1, 0.15) is 31.4 Å². The van der Waals surface area contributed by atoms with Crippen molar-refractivity contribution in [2.75, 3.05) is 6.61 Å². The first-order valence-corrected chi connectivity index (χ1v) is 13.7. The first-order chi connectivity index (χ1) is 18.4. The number of amides is 2. The topological polar surface area (TPSA) is 58.6 Å². The van der Waals surface area contributed by atoms with E-state index in [2.05, 4.69) is 21.2 Å². The molecule has 196 valence electrons. The number of ether oxygens (including phenoxy) is 1. The Labute approximate surface area is 232 Å². The Kier molecular flexibility index (Phi) is 9.55. The molecule has 38 heavy (non-hydrogen) atoms. The highest BCUT2D eigenvalue weighted by molar-refractivity contribution is 9.10. The van der Waals surface area contributed by atoms with Crippen molar-refractivity contribution in [2.45, 2.75) is 45.3 Å². The number of halogens is 1. The summed E-state index contributed by atoms with van der Waals surface area (Å²) < 4.78 is 6.99. The maximum Gasteiger partial charge on any atom is 0.261 e. The second kappa shape index (κ2) is 13.2. The first-order valence-electron chi connectivity index (χ1n) is 12.9. The fourth-order valence-corrected chi connectivity index (χ4v) is 4.82. The van der Waals surface area contributed by atoms with Crippen LogP contribution < -0.4 is 10.1 Å². The van der Waals surface area contributed by atoms with E-state index < -0.39 is 6.04 Å². The standard InChI is InChI=1S/C32H33BrN2O3/c1-3-23(2)34-32(37)29(20-24-11-5-4-6-12-24)35(21-25-13-9-16-27(33)19-25)31(36)22-38-30-18-10-15-26-14-7-8-17-28(26)30/h4-19,23,29H,3,20-22H2,1-2H3,(H,34,37)/t23-,29-/m1/s1. The summed E-state index contributed by atoms with van der Waals surface area (Å²) in [5.41, 5.74) is 1.91. The van der Waals surface area contributed by atoms with Gasteiger partial charge >= 0.3 is 0 Å². The van der Waals surface area contributed by atoms with Gasteiger partial charge in [-0.1, -0.05) is 102 Å². The predicted molar refractivity (Wildman–Crippen MR) is 156 cm³/mol. The maximum atomic E-state index is 13.8. The summed E-state index contributed by atoms with van der Waals surface area (Å²) >= 11 is 3.53. The molecule has 0 radical (unpaired) electrons. The van der Waals surface area contributed by atoms with E-state index in [9.17, 15) is 9.59 Å². The van der Waals surface area contributed by atoms with E-state index in [1.165, 1.54) is 0 Å². The molecule has 0 spiro atoms. The number of benzene rings is 4. The van der Waals surface area contributed by atoms with Gasteiger partial charge in [0.05, 0.1) is 0 Å². The molecule has 6 heteroatoms. The van der Waals surface area contributed by atoms with Crippen molar-refractivity contribution in [2.24, 2.45) is 0 Å².